The number of halogens is 1. The molecule has 0 saturated carbocycles. The molecule has 2 rings (SSSR count). The Kier molecular flexibility index (Phi) is 3.52. The first-order valence-corrected chi connectivity index (χ1v) is 6.45. The lowest BCUT2D eigenvalue weighted by Gasteiger charge is -2.21. The van der Waals surface area contributed by atoms with Crippen molar-refractivity contribution in [1.82, 2.24) is 4.57 Å². The van der Waals surface area contributed by atoms with Gasteiger partial charge < -0.3 is 10.3 Å². The van der Waals surface area contributed by atoms with Crippen molar-refractivity contribution in [3.63, 3.8) is 0 Å². The summed E-state index contributed by atoms with van der Waals surface area (Å²) >= 11 is 6.01. The van der Waals surface area contributed by atoms with Crippen LogP contribution in [0.25, 0.3) is 5.69 Å². The fraction of sp³-hybridized carbons (Fsp3) is 0.267. The van der Waals surface area contributed by atoms with Crippen LogP contribution < -0.4 is 11.2 Å². The number of pyridine rings is 1. The van der Waals surface area contributed by atoms with Crippen molar-refractivity contribution in [1.29, 1.82) is 0 Å². The van der Waals surface area contributed by atoms with Gasteiger partial charge in [-0.1, -0.05) is 17.7 Å². The van der Waals surface area contributed by atoms with Crippen molar-refractivity contribution in [2.24, 2.45) is 5.73 Å². The Hall–Kier alpha value is -1.58. The SMILES string of the molecule is Cc1cc(=O)c(C(C)(C)N)cn1-c1cccc(Cl)c1. The standard InChI is InChI=1S/C15H17ClN2O/c1-10-7-14(19)13(15(2,3)17)9-18(10)12-6-4-5-11(16)8-12/h4-9H,17H2,1-3H3. The minimum absolute atomic E-state index is 0.0386. The van der Waals surface area contributed by atoms with E-state index in [-0.39, 0.29) is 5.43 Å². The van der Waals surface area contributed by atoms with E-state index in [4.69, 9.17) is 17.3 Å². The lowest BCUT2D eigenvalue weighted by molar-refractivity contribution is 0.544. The third kappa shape index (κ3) is 2.88. The summed E-state index contributed by atoms with van der Waals surface area (Å²) in [6.45, 7) is 5.53. The summed E-state index contributed by atoms with van der Waals surface area (Å²) in [7, 11) is 0. The Balaban J connectivity index is 2.68. The number of nitrogens with zero attached hydrogens (tertiary/aromatic N) is 1. The van der Waals surface area contributed by atoms with Crippen LogP contribution in [0, 0.1) is 6.92 Å². The van der Waals surface area contributed by atoms with Crippen LogP contribution in [0.1, 0.15) is 25.1 Å². The van der Waals surface area contributed by atoms with Crippen molar-refractivity contribution >= 4 is 11.6 Å². The molecule has 0 aliphatic rings. The molecule has 0 aliphatic carbocycles. The number of benzene rings is 1. The van der Waals surface area contributed by atoms with Gasteiger partial charge in [-0.3, -0.25) is 4.79 Å². The molecule has 19 heavy (non-hydrogen) atoms. The van der Waals surface area contributed by atoms with Crippen molar-refractivity contribution in [3.05, 3.63) is 63.0 Å². The molecule has 0 unspecified atom stereocenters. The van der Waals surface area contributed by atoms with E-state index in [0.717, 1.165) is 11.4 Å². The molecule has 0 amide bonds. The maximum atomic E-state index is 12.0. The van der Waals surface area contributed by atoms with Crippen LogP contribution in [0.2, 0.25) is 5.02 Å². The lowest BCUT2D eigenvalue weighted by Crippen LogP contribution is -2.35. The molecule has 0 radical (unpaired) electrons. The molecule has 4 heteroatoms. The molecule has 1 aromatic carbocycles. The summed E-state index contributed by atoms with van der Waals surface area (Å²) in [4.78, 5) is 12.0. The summed E-state index contributed by atoms with van der Waals surface area (Å²) < 4.78 is 1.93. The van der Waals surface area contributed by atoms with Crippen LogP contribution >= 0.6 is 11.6 Å². The maximum absolute atomic E-state index is 12.0. The Morgan fingerprint density at radius 3 is 2.53 bits per heavy atom. The predicted molar refractivity (Wildman–Crippen MR) is 79.0 cm³/mol. The molecule has 0 atom stereocenters. The van der Waals surface area contributed by atoms with Crippen LogP contribution in [0.3, 0.4) is 0 Å². The van der Waals surface area contributed by atoms with Gasteiger partial charge in [-0.25, -0.2) is 0 Å². The van der Waals surface area contributed by atoms with Crippen molar-refractivity contribution < 1.29 is 0 Å². The molecule has 3 nitrogen and oxygen atoms in total. The van der Waals surface area contributed by atoms with Crippen LogP contribution in [0.5, 0.6) is 0 Å². The van der Waals surface area contributed by atoms with Gasteiger partial charge in [0.05, 0.1) is 0 Å². The van der Waals surface area contributed by atoms with Gasteiger partial charge in [-0.05, 0) is 39.0 Å². The van der Waals surface area contributed by atoms with Crippen LogP contribution in [-0.4, -0.2) is 4.57 Å². The van der Waals surface area contributed by atoms with E-state index in [9.17, 15) is 4.79 Å². The summed E-state index contributed by atoms with van der Waals surface area (Å²) in [5.41, 5.74) is 7.67. The van der Waals surface area contributed by atoms with Gasteiger partial charge in [0, 0.05) is 39.8 Å². The molecule has 2 N–H and O–H groups in total. The second kappa shape index (κ2) is 4.83. The summed E-state index contributed by atoms with van der Waals surface area (Å²) in [5, 5.41) is 0.657. The molecule has 0 aliphatic heterocycles. The minimum Gasteiger partial charge on any atom is -0.322 e. The number of hydrogen-bond donors (Lipinski definition) is 1. The van der Waals surface area contributed by atoms with Gasteiger partial charge >= 0.3 is 0 Å². The highest BCUT2D eigenvalue weighted by molar-refractivity contribution is 6.30. The molecule has 100 valence electrons. The largest absolute Gasteiger partial charge is 0.322 e. The summed E-state index contributed by atoms with van der Waals surface area (Å²) in [6, 6.07) is 9.09. The second-order valence-electron chi connectivity index (χ2n) is 5.26. The highest BCUT2D eigenvalue weighted by Gasteiger charge is 2.19. The number of nitrogens with two attached hydrogens (primary N) is 1. The van der Waals surface area contributed by atoms with Gasteiger partial charge in [0.1, 0.15) is 0 Å². The van der Waals surface area contributed by atoms with Crippen molar-refractivity contribution in [3.8, 4) is 5.69 Å². The number of aryl methyl sites for hydroxylation is 1. The molecule has 2 aromatic rings. The van der Waals surface area contributed by atoms with Crippen LogP contribution in [-0.2, 0) is 5.54 Å². The predicted octanol–water partition coefficient (Wildman–Crippen LogP) is 2.99. The molecule has 1 aromatic heterocycles. The smallest absolute Gasteiger partial charge is 0.186 e. The molecule has 0 bridgehead atoms. The van der Waals surface area contributed by atoms with E-state index in [0.29, 0.717) is 10.6 Å². The normalized spacial score (nSPS) is 11.6. The summed E-state index contributed by atoms with van der Waals surface area (Å²) in [6.07, 6.45) is 1.79. The monoisotopic (exact) mass is 276 g/mol. The van der Waals surface area contributed by atoms with E-state index >= 15 is 0 Å². The first-order valence-electron chi connectivity index (χ1n) is 6.07. The third-order valence-corrected chi connectivity index (χ3v) is 3.26. The zero-order valence-electron chi connectivity index (χ0n) is 11.3. The molecule has 1 heterocycles. The first-order chi connectivity index (χ1) is 8.79. The molecule has 0 fully saturated rings. The van der Waals surface area contributed by atoms with Gasteiger partial charge in [0.2, 0.25) is 0 Å². The quantitative estimate of drug-likeness (QED) is 0.917. The molecule has 0 saturated heterocycles. The Morgan fingerprint density at radius 2 is 1.95 bits per heavy atom. The summed E-state index contributed by atoms with van der Waals surface area (Å²) in [5.74, 6) is 0. The zero-order valence-corrected chi connectivity index (χ0v) is 12.0. The fourth-order valence-electron chi connectivity index (χ4n) is 2.02. The van der Waals surface area contributed by atoms with Crippen molar-refractivity contribution in [2.45, 2.75) is 26.3 Å². The van der Waals surface area contributed by atoms with E-state index in [1.165, 1.54) is 0 Å². The first kappa shape index (κ1) is 13.8. The van der Waals surface area contributed by atoms with Gasteiger partial charge in [0.25, 0.3) is 0 Å². The molecule has 0 spiro atoms. The third-order valence-electron chi connectivity index (χ3n) is 3.02. The van der Waals surface area contributed by atoms with Crippen molar-refractivity contribution in [2.75, 3.05) is 0 Å². The average Bonchev–Trinajstić information content (AvgIpc) is 2.27. The lowest BCUT2D eigenvalue weighted by atomic mass is 9.96. The zero-order chi connectivity index (χ0) is 14.2. The topological polar surface area (TPSA) is 48.0 Å². The van der Waals surface area contributed by atoms with E-state index in [1.807, 2.05) is 49.6 Å². The van der Waals surface area contributed by atoms with E-state index < -0.39 is 5.54 Å². The molecular formula is C15H17ClN2O. The number of aromatic nitrogens is 1. The maximum Gasteiger partial charge on any atom is 0.186 e. The average molecular weight is 277 g/mol. The van der Waals surface area contributed by atoms with Crippen LogP contribution in [0.15, 0.2) is 41.3 Å². The Labute approximate surface area is 117 Å². The van der Waals surface area contributed by atoms with E-state index in [2.05, 4.69) is 0 Å². The van der Waals surface area contributed by atoms with E-state index in [1.54, 1.807) is 12.3 Å². The number of hydrogen-bond acceptors (Lipinski definition) is 2. The highest BCUT2D eigenvalue weighted by atomic mass is 35.5. The highest BCUT2D eigenvalue weighted by Crippen LogP contribution is 2.19. The van der Waals surface area contributed by atoms with Gasteiger partial charge in [-0.2, -0.15) is 0 Å². The second-order valence-corrected chi connectivity index (χ2v) is 5.70. The molecular weight excluding hydrogens is 260 g/mol. The minimum atomic E-state index is -0.675. The Morgan fingerprint density at radius 1 is 1.26 bits per heavy atom. The van der Waals surface area contributed by atoms with Gasteiger partial charge in [-0.15, -0.1) is 0 Å². The van der Waals surface area contributed by atoms with Crippen LogP contribution in [0.4, 0.5) is 0 Å². The fourth-order valence-corrected chi connectivity index (χ4v) is 2.20. The van der Waals surface area contributed by atoms with Gasteiger partial charge in [0.15, 0.2) is 5.43 Å². The Bertz CT molecular complexity index is 669. The number of rotatable bonds is 2.